The van der Waals surface area contributed by atoms with Gasteiger partial charge in [0.2, 0.25) is 10.0 Å². The molecule has 1 aliphatic heterocycles. The largest absolute Gasteiger partial charge is 0.452 e. The number of benzene rings is 2. The van der Waals surface area contributed by atoms with Crippen molar-refractivity contribution in [1.29, 1.82) is 0 Å². The highest BCUT2D eigenvalue weighted by atomic mass is 35.5. The zero-order chi connectivity index (χ0) is 23.5. The third kappa shape index (κ3) is 5.40. The summed E-state index contributed by atoms with van der Waals surface area (Å²) in [6.07, 6.45) is -4.74. The predicted molar refractivity (Wildman–Crippen MR) is 109 cm³/mol. The summed E-state index contributed by atoms with van der Waals surface area (Å²) in [5, 5.41) is 0.395. The second-order valence-corrected chi connectivity index (χ2v) is 9.23. The Bertz CT molecular complexity index is 1100. The van der Waals surface area contributed by atoms with Crippen molar-refractivity contribution in [3.8, 4) is 0 Å². The smallest absolute Gasteiger partial charge is 0.417 e. The molecule has 7 nitrogen and oxygen atoms in total. The van der Waals surface area contributed by atoms with E-state index in [0.29, 0.717) is 5.02 Å². The summed E-state index contributed by atoms with van der Waals surface area (Å²) >= 11 is 5.78. The number of esters is 1. The minimum absolute atomic E-state index is 0.0154. The van der Waals surface area contributed by atoms with Gasteiger partial charge in [0.05, 0.1) is 16.0 Å². The molecular weight excluding hydrogens is 473 g/mol. The molecule has 0 unspecified atom stereocenters. The van der Waals surface area contributed by atoms with Gasteiger partial charge in [-0.3, -0.25) is 4.79 Å². The Morgan fingerprint density at radius 3 is 2.16 bits per heavy atom. The maximum Gasteiger partial charge on any atom is 0.417 e. The van der Waals surface area contributed by atoms with E-state index in [1.165, 1.54) is 39.5 Å². The molecule has 1 amide bonds. The van der Waals surface area contributed by atoms with Crippen molar-refractivity contribution in [3.05, 3.63) is 64.7 Å². The molecule has 3 rings (SSSR count). The van der Waals surface area contributed by atoms with Crippen LogP contribution in [0, 0.1) is 0 Å². The molecular formula is C20H18ClF3N2O5S. The molecule has 12 heteroatoms. The fourth-order valence-electron chi connectivity index (χ4n) is 3.14. The van der Waals surface area contributed by atoms with Gasteiger partial charge >= 0.3 is 12.1 Å². The van der Waals surface area contributed by atoms with Crippen LogP contribution >= 0.6 is 11.6 Å². The van der Waals surface area contributed by atoms with Crippen molar-refractivity contribution in [2.24, 2.45) is 0 Å². The number of carbonyl (C=O) groups excluding carboxylic acids is 2. The van der Waals surface area contributed by atoms with Gasteiger partial charge in [-0.25, -0.2) is 13.2 Å². The summed E-state index contributed by atoms with van der Waals surface area (Å²) in [5.74, 6) is -1.90. The second kappa shape index (κ2) is 9.47. The van der Waals surface area contributed by atoms with Crippen molar-refractivity contribution in [2.75, 3.05) is 32.8 Å². The highest BCUT2D eigenvalue weighted by Crippen LogP contribution is 2.32. The van der Waals surface area contributed by atoms with Crippen LogP contribution in [0.15, 0.2) is 53.4 Å². The molecule has 1 aliphatic rings. The summed E-state index contributed by atoms with van der Waals surface area (Å²) < 4.78 is 70.4. The summed E-state index contributed by atoms with van der Waals surface area (Å²) in [6.45, 7) is -0.636. The summed E-state index contributed by atoms with van der Waals surface area (Å²) in [4.78, 5) is 25.8. The third-order valence-electron chi connectivity index (χ3n) is 4.82. The Morgan fingerprint density at radius 1 is 0.969 bits per heavy atom. The van der Waals surface area contributed by atoms with E-state index in [9.17, 15) is 31.2 Å². The van der Waals surface area contributed by atoms with Crippen LogP contribution in [-0.2, 0) is 25.7 Å². The van der Waals surface area contributed by atoms with E-state index in [4.69, 9.17) is 16.3 Å². The van der Waals surface area contributed by atoms with Crippen molar-refractivity contribution in [3.63, 3.8) is 0 Å². The molecule has 0 bridgehead atoms. The van der Waals surface area contributed by atoms with Crippen molar-refractivity contribution in [1.82, 2.24) is 9.21 Å². The van der Waals surface area contributed by atoms with E-state index in [2.05, 4.69) is 0 Å². The van der Waals surface area contributed by atoms with E-state index in [0.717, 1.165) is 18.2 Å². The minimum atomic E-state index is -4.74. The second-order valence-electron chi connectivity index (χ2n) is 6.86. The SMILES string of the molecule is O=C(OCC(=O)N1CCN(S(=O)(=O)c2ccc(Cl)cc2)CC1)c1ccccc1C(F)(F)F. The lowest BCUT2D eigenvalue weighted by molar-refractivity contribution is -0.138. The quantitative estimate of drug-likeness (QED) is 0.602. The number of sulfonamides is 1. The van der Waals surface area contributed by atoms with Gasteiger partial charge in [0.25, 0.3) is 5.91 Å². The number of halogens is 4. The Morgan fingerprint density at radius 2 is 1.56 bits per heavy atom. The van der Waals surface area contributed by atoms with Crippen LogP contribution < -0.4 is 0 Å². The molecule has 2 aromatic rings. The molecule has 0 atom stereocenters. The first kappa shape index (κ1) is 24.0. The van der Waals surface area contributed by atoms with Gasteiger partial charge in [0, 0.05) is 31.2 Å². The molecule has 1 saturated heterocycles. The summed E-state index contributed by atoms with van der Waals surface area (Å²) in [7, 11) is -3.76. The van der Waals surface area contributed by atoms with E-state index in [1.54, 1.807) is 0 Å². The summed E-state index contributed by atoms with van der Waals surface area (Å²) in [5.41, 5.74) is -1.84. The number of alkyl halides is 3. The zero-order valence-electron chi connectivity index (χ0n) is 16.5. The number of carbonyl (C=O) groups is 2. The Labute approximate surface area is 187 Å². The molecule has 0 N–H and O–H groups in total. The fraction of sp³-hybridized carbons (Fsp3) is 0.300. The normalized spacial score (nSPS) is 15.4. The number of nitrogens with zero attached hydrogens (tertiary/aromatic N) is 2. The van der Waals surface area contributed by atoms with E-state index in [1.807, 2.05) is 0 Å². The van der Waals surface area contributed by atoms with Crippen molar-refractivity contribution < 1.29 is 35.9 Å². The van der Waals surface area contributed by atoms with Crippen LogP contribution in [0.5, 0.6) is 0 Å². The first-order chi connectivity index (χ1) is 15.0. The predicted octanol–water partition coefficient (Wildman–Crippen LogP) is 3.05. The number of piperazine rings is 1. The van der Waals surface area contributed by atoms with Crippen LogP contribution in [0.1, 0.15) is 15.9 Å². The Hall–Kier alpha value is -2.63. The molecule has 0 saturated carbocycles. The Kier molecular flexibility index (Phi) is 7.11. The van der Waals surface area contributed by atoms with E-state index < -0.39 is 45.8 Å². The van der Waals surface area contributed by atoms with Gasteiger partial charge in [-0.1, -0.05) is 23.7 Å². The van der Waals surface area contributed by atoms with Crippen molar-refractivity contribution >= 4 is 33.5 Å². The lowest BCUT2D eigenvalue weighted by Gasteiger charge is -2.33. The standard InChI is InChI=1S/C20H18ClF3N2O5S/c21-14-5-7-15(8-6-14)32(29,30)26-11-9-25(10-12-26)18(27)13-31-19(28)16-3-1-2-4-17(16)20(22,23)24/h1-8H,9-13H2. The van der Waals surface area contributed by atoms with E-state index >= 15 is 0 Å². The van der Waals surface area contributed by atoms with Crippen LogP contribution in [-0.4, -0.2) is 62.3 Å². The van der Waals surface area contributed by atoms with Crippen molar-refractivity contribution in [2.45, 2.75) is 11.1 Å². The third-order valence-corrected chi connectivity index (χ3v) is 6.99. The van der Waals surface area contributed by atoms with Gasteiger partial charge in [0.15, 0.2) is 6.61 Å². The van der Waals surface area contributed by atoms with Crippen LogP contribution in [0.4, 0.5) is 13.2 Å². The summed E-state index contributed by atoms with van der Waals surface area (Å²) in [6, 6.07) is 9.80. The van der Waals surface area contributed by atoms with Crippen LogP contribution in [0.25, 0.3) is 0 Å². The molecule has 32 heavy (non-hydrogen) atoms. The lowest BCUT2D eigenvalue weighted by atomic mass is 10.1. The van der Waals surface area contributed by atoms with Gasteiger partial charge in [0.1, 0.15) is 0 Å². The zero-order valence-corrected chi connectivity index (χ0v) is 18.1. The highest BCUT2D eigenvalue weighted by Gasteiger charge is 2.36. The molecule has 1 fully saturated rings. The molecule has 2 aromatic carbocycles. The number of ether oxygens (including phenoxy) is 1. The van der Waals surface area contributed by atoms with Gasteiger partial charge in [-0.15, -0.1) is 0 Å². The minimum Gasteiger partial charge on any atom is -0.452 e. The topological polar surface area (TPSA) is 84.0 Å². The molecule has 0 aliphatic carbocycles. The van der Waals surface area contributed by atoms with Gasteiger partial charge < -0.3 is 9.64 Å². The maximum atomic E-state index is 13.0. The first-order valence-corrected chi connectivity index (χ1v) is 11.2. The average molecular weight is 491 g/mol. The molecule has 0 spiro atoms. The number of rotatable bonds is 5. The molecule has 0 aromatic heterocycles. The van der Waals surface area contributed by atoms with Gasteiger partial charge in [-0.2, -0.15) is 17.5 Å². The van der Waals surface area contributed by atoms with Gasteiger partial charge in [-0.05, 0) is 36.4 Å². The Balaban J connectivity index is 1.56. The van der Waals surface area contributed by atoms with Crippen LogP contribution in [0.2, 0.25) is 5.02 Å². The molecule has 1 heterocycles. The highest BCUT2D eigenvalue weighted by molar-refractivity contribution is 7.89. The monoisotopic (exact) mass is 490 g/mol. The van der Waals surface area contributed by atoms with Crippen LogP contribution in [0.3, 0.4) is 0 Å². The maximum absolute atomic E-state index is 13.0. The average Bonchev–Trinajstić information content (AvgIpc) is 2.77. The fourth-order valence-corrected chi connectivity index (χ4v) is 4.69. The number of hydrogen-bond donors (Lipinski definition) is 0. The first-order valence-electron chi connectivity index (χ1n) is 9.37. The number of amides is 1. The van der Waals surface area contributed by atoms with E-state index in [-0.39, 0.29) is 31.1 Å². The lowest BCUT2D eigenvalue weighted by Crippen LogP contribution is -2.51. The molecule has 0 radical (unpaired) electrons. The number of hydrogen-bond acceptors (Lipinski definition) is 5. The molecule has 172 valence electrons.